The molecule has 1 saturated heterocycles. The third kappa shape index (κ3) is 4.00. The molecule has 1 aromatic rings. The monoisotopic (exact) mass is 310 g/mol. The van der Waals surface area contributed by atoms with Crippen molar-refractivity contribution in [1.82, 2.24) is 10.2 Å². The molecule has 0 aromatic carbocycles. The van der Waals surface area contributed by atoms with Crippen LogP contribution in [0.3, 0.4) is 0 Å². The molecule has 1 fully saturated rings. The van der Waals surface area contributed by atoms with Gasteiger partial charge in [0.05, 0.1) is 12.8 Å². The number of likely N-dealkylation sites (tertiary alicyclic amines) is 1. The fourth-order valence-corrected chi connectivity index (χ4v) is 2.48. The number of nitrogens with zero attached hydrogens (tertiary/aromatic N) is 1. The van der Waals surface area contributed by atoms with Crippen molar-refractivity contribution in [3.63, 3.8) is 0 Å². The number of carbonyl (C=O) groups excluding carboxylic acids is 1. The van der Waals surface area contributed by atoms with Crippen LogP contribution in [0.25, 0.3) is 0 Å². The largest absolute Gasteiger partial charge is 0.479 e. The highest BCUT2D eigenvalue weighted by atomic mass is 16.6. The number of ether oxygens (including phenoxy) is 1. The first-order valence-corrected chi connectivity index (χ1v) is 7.19. The van der Waals surface area contributed by atoms with Gasteiger partial charge in [-0.05, 0) is 39.3 Å². The number of hydrogen-bond acceptors (Lipinski definition) is 5. The zero-order valence-corrected chi connectivity index (χ0v) is 13.1. The van der Waals surface area contributed by atoms with Crippen LogP contribution in [-0.4, -0.2) is 46.3 Å². The van der Waals surface area contributed by atoms with E-state index in [1.807, 2.05) is 11.0 Å². The summed E-state index contributed by atoms with van der Waals surface area (Å²) < 4.78 is 10.4. The number of hydrogen-bond donors (Lipinski definition) is 2. The van der Waals surface area contributed by atoms with Crippen LogP contribution in [0.1, 0.15) is 33.0 Å². The van der Waals surface area contributed by atoms with Crippen LogP contribution in [0.15, 0.2) is 22.8 Å². The Bertz CT molecular complexity index is 535. The zero-order chi connectivity index (χ0) is 16.4. The second-order valence-corrected chi connectivity index (χ2v) is 6.55. The van der Waals surface area contributed by atoms with E-state index in [9.17, 15) is 14.7 Å². The first-order chi connectivity index (χ1) is 10.2. The summed E-state index contributed by atoms with van der Waals surface area (Å²) in [5.74, 6) is -0.293. The van der Waals surface area contributed by atoms with Gasteiger partial charge < -0.3 is 19.6 Å². The highest BCUT2D eigenvalue weighted by Crippen LogP contribution is 2.24. The lowest BCUT2D eigenvalue weighted by Gasteiger charge is -2.28. The topological polar surface area (TPSA) is 92.0 Å². The number of rotatable bonds is 4. The Morgan fingerprint density at radius 3 is 2.77 bits per heavy atom. The van der Waals surface area contributed by atoms with E-state index in [0.29, 0.717) is 19.5 Å². The molecule has 1 amide bonds. The van der Waals surface area contributed by atoms with E-state index >= 15 is 0 Å². The van der Waals surface area contributed by atoms with Crippen molar-refractivity contribution in [2.75, 3.05) is 13.1 Å². The molecule has 1 aliphatic heterocycles. The minimum Gasteiger partial charge on any atom is -0.479 e. The first kappa shape index (κ1) is 16.4. The Labute approximate surface area is 129 Å². The second kappa shape index (κ2) is 6.00. The van der Waals surface area contributed by atoms with Gasteiger partial charge in [0.25, 0.3) is 0 Å². The summed E-state index contributed by atoms with van der Waals surface area (Å²) in [6.07, 6.45) is 1.19. The number of carboxylic acid groups (broad SMARTS) is 1. The molecule has 122 valence electrons. The standard InChI is InChI=1S/C15H22N2O5/c1-14(2,3)22-13(20)16-15(12(18)19)6-7-17(10-15)9-11-5-4-8-21-11/h4-5,8H,6-7,9-10H2,1-3H3,(H,16,20)(H,18,19). The molecule has 1 atom stereocenters. The smallest absolute Gasteiger partial charge is 0.408 e. The molecule has 0 spiro atoms. The minimum atomic E-state index is -1.32. The summed E-state index contributed by atoms with van der Waals surface area (Å²) in [4.78, 5) is 25.5. The first-order valence-electron chi connectivity index (χ1n) is 7.19. The summed E-state index contributed by atoms with van der Waals surface area (Å²) in [7, 11) is 0. The van der Waals surface area contributed by atoms with Crippen LogP contribution in [0.2, 0.25) is 0 Å². The van der Waals surface area contributed by atoms with E-state index in [0.717, 1.165) is 5.76 Å². The summed E-state index contributed by atoms with van der Waals surface area (Å²) in [6.45, 7) is 6.48. The molecule has 0 aliphatic carbocycles. The molecule has 0 saturated carbocycles. The van der Waals surface area contributed by atoms with Crippen LogP contribution < -0.4 is 5.32 Å². The average molecular weight is 310 g/mol. The third-order valence-corrected chi connectivity index (χ3v) is 3.46. The van der Waals surface area contributed by atoms with Gasteiger partial charge in [-0.25, -0.2) is 9.59 Å². The van der Waals surface area contributed by atoms with E-state index in [-0.39, 0.29) is 6.54 Å². The third-order valence-electron chi connectivity index (χ3n) is 3.46. The summed E-state index contributed by atoms with van der Waals surface area (Å²) in [6, 6.07) is 3.62. The van der Waals surface area contributed by atoms with Crippen LogP contribution in [0.5, 0.6) is 0 Å². The van der Waals surface area contributed by atoms with Crippen LogP contribution in [0.4, 0.5) is 4.79 Å². The molecule has 2 rings (SSSR count). The molecule has 2 heterocycles. The van der Waals surface area contributed by atoms with Crippen molar-refractivity contribution in [1.29, 1.82) is 0 Å². The molecular weight excluding hydrogens is 288 g/mol. The average Bonchev–Trinajstić information content (AvgIpc) is 2.98. The van der Waals surface area contributed by atoms with Gasteiger partial charge in [0.1, 0.15) is 11.4 Å². The molecule has 0 bridgehead atoms. The SMILES string of the molecule is CC(C)(C)OC(=O)NC1(C(=O)O)CCN(Cc2ccco2)C1. The van der Waals surface area contributed by atoms with E-state index in [2.05, 4.69) is 5.32 Å². The number of carboxylic acids is 1. The maximum Gasteiger partial charge on any atom is 0.408 e. The Kier molecular flexibility index (Phi) is 4.46. The van der Waals surface area contributed by atoms with Gasteiger partial charge in [-0.15, -0.1) is 0 Å². The van der Waals surface area contributed by atoms with Gasteiger partial charge in [0.15, 0.2) is 5.54 Å². The predicted molar refractivity (Wildman–Crippen MR) is 78.3 cm³/mol. The van der Waals surface area contributed by atoms with Crippen LogP contribution >= 0.6 is 0 Å². The minimum absolute atomic E-state index is 0.211. The second-order valence-electron chi connectivity index (χ2n) is 6.55. The molecule has 0 radical (unpaired) electrons. The quantitative estimate of drug-likeness (QED) is 0.881. The predicted octanol–water partition coefficient (Wildman–Crippen LogP) is 1.83. The van der Waals surface area contributed by atoms with Crippen molar-refractivity contribution in [3.8, 4) is 0 Å². The fraction of sp³-hybridized carbons (Fsp3) is 0.600. The van der Waals surface area contributed by atoms with Gasteiger partial charge in [-0.1, -0.05) is 0 Å². The summed E-state index contributed by atoms with van der Waals surface area (Å²) >= 11 is 0. The number of carbonyl (C=O) groups is 2. The van der Waals surface area contributed by atoms with Crippen LogP contribution in [0, 0.1) is 0 Å². The molecule has 7 heteroatoms. The Hall–Kier alpha value is -2.02. The van der Waals surface area contributed by atoms with E-state index in [1.165, 1.54) is 0 Å². The number of alkyl carbamates (subject to hydrolysis) is 1. The summed E-state index contributed by atoms with van der Waals surface area (Å²) in [5, 5.41) is 12.1. The lowest BCUT2D eigenvalue weighted by molar-refractivity contribution is -0.144. The van der Waals surface area contributed by atoms with Crippen molar-refractivity contribution in [2.24, 2.45) is 0 Å². The number of furan rings is 1. The van der Waals surface area contributed by atoms with E-state index in [4.69, 9.17) is 9.15 Å². The fourth-order valence-electron chi connectivity index (χ4n) is 2.48. The van der Waals surface area contributed by atoms with Crippen molar-refractivity contribution in [2.45, 2.75) is 44.9 Å². The molecule has 7 nitrogen and oxygen atoms in total. The molecule has 1 aliphatic rings. The lowest BCUT2D eigenvalue weighted by Crippen LogP contribution is -2.57. The Morgan fingerprint density at radius 1 is 1.50 bits per heavy atom. The number of aliphatic carboxylic acids is 1. The van der Waals surface area contributed by atoms with Gasteiger partial charge in [0, 0.05) is 13.1 Å². The molecular formula is C15H22N2O5. The van der Waals surface area contributed by atoms with E-state index in [1.54, 1.807) is 33.1 Å². The number of nitrogens with one attached hydrogen (secondary N) is 1. The number of amides is 1. The van der Waals surface area contributed by atoms with Crippen molar-refractivity contribution in [3.05, 3.63) is 24.2 Å². The highest BCUT2D eigenvalue weighted by molar-refractivity contribution is 5.85. The maximum absolute atomic E-state index is 11.9. The molecule has 2 N–H and O–H groups in total. The highest BCUT2D eigenvalue weighted by Gasteiger charge is 2.47. The molecule has 22 heavy (non-hydrogen) atoms. The van der Waals surface area contributed by atoms with Crippen molar-refractivity contribution >= 4 is 12.1 Å². The lowest BCUT2D eigenvalue weighted by atomic mass is 9.99. The Morgan fingerprint density at radius 2 is 2.23 bits per heavy atom. The van der Waals surface area contributed by atoms with Gasteiger partial charge in [-0.2, -0.15) is 0 Å². The maximum atomic E-state index is 11.9. The van der Waals surface area contributed by atoms with Gasteiger partial charge >= 0.3 is 12.1 Å². The van der Waals surface area contributed by atoms with Crippen molar-refractivity contribution < 1.29 is 23.8 Å². The molecule has 1 unspecified atom stereocenters. The van der Waals surface area contributed by atoms with Gasteiger partial charge in [-0.3, -0.25) is 4.90 Å². The van der Waals surface area contributed by atoms with Crippen LogP contribution in [-0.2, 0) is 16.1 Å². The molecule has 1 aromatic heterocycles. The zero-order valence-electron chi connectivity index (χ0n) is 13.1. The Balaban J connectivity index is 2.01. The van der Waals surface area contributed by atoms with Gasteiger partial charge in [0.2, 0.25) is 0 Å². The van der Waals surface area contributed by atoms with E-state index < -0.39 is 23.2 Å². The normalized spacial score (nSPS) is 22.5. The summed E-state index contributed by atoms with van der Waals surface area (Å²) in [5.41, 5.74) is -1.99.